The van der Waals surface area contributed by atoms with Crippen LogP contribution in [-0.4, -0.2) is 13.7 Å². The van der Waals surface area contributed by atoms with E-state index in [2.05, 4.69) is 25.1 Å². The first kappa shape index (κ1) is 10.5. The van der Waals surface area contributed by atoms with Crippen molar-refractivity contribution in [2.45, 2.75) is 25.7 Å². The van der Waals surface area contributed by atoms with Gasteiger partial charge in [0, 0.05) is 0 Å². The zero-order chi connectivity index (χ0) is 10.8. The van der Waals surface area contributed by atoms with Crippen molar-refractivity contribution < 1.29 is 4.74 Å². The third kappa shape index (κ3) is 1.86. The maximum atomic E-state index is 5.67. The van der Waals surface area contributed by atoms with Crippen LogP contribution in [0.4, 0.5) is 0 Å². The molecule has 0 saturated carbocycles. The molecule has 0 heterocycles. The van der Waals surface area contributed by atoms with Crippen LogP contribution in [0.1, 0.15) is 30.4 Å². The highest BCUT2D eigenvalue weighted by molar-refractivity contribution is 5.41. The minimum atomic E-state index is 0.625. The summed E-state index contributed by atoms with van der Waals surface area (Å²) in [6.07, 6.45) is 2.27. The molecule has 2 rings (SSSR count). The van der Waals surface area contributed by atoms with E-state index in [-0.39, 0.29) is 0 Å². The van der Waals surface area contributed by atoms with Gasteiger partial charge in [0.2, 0.25) is 0 Å². The van der Waals surface area contributed by atoms with Crippen molar-refractivity contribution >= 4 is 0 Å². The first-order valence-corrected chi connectivity index (χ1v) is 5.63. The molecule has 0 spiro atoms. The fraction of sp³-hybridized carbons (Fsp3) is 0.538. The average Bonchev–Trinajstić information content (AvgIpc) is 2.55. The first-order chi connectivity index (χ1) is 7.26. The zero-order valence-electron chi connectivity index (χ0n) is 9.49. The van der Waals surface area contributed by atoms with Gasteiger partial charge in [0.15, 0.2) is 0 Å². The molecule has 0 aliphatic heterocycles. The molecule has 1 aliphatic carbocycles. The lowest BCUT2D eigenvalue weighted by atomic mass is 9.91. The third-order valence-electron chi connectivity index (χ3n) is 3.46. The SMILES string of the molecule is COc1ccc2c(c1)C(CCN)C(C)C2. The lowest BCUT2D eigenvalue weighted by Gasteiger charge is -2.15. The summed E-state index contributed by atoms with van der Waals surface area (Å²) in [5, 5.41) is 0. The van der Waals surface area contributed by atoms with Gasteiger partial charge >= 0.3 is 0 Å². The smallest absolute Gasteiger partial charge is 0.119 e. The van der Waals surface area contributed by atoms with Crippen molar-refractivity contribution in [3.63, 3.8) is 0 Å². The zero-order valence-corrected chi connectivity index (χ0v) is 9.49. The number of hydrogen-bond donors (Lipinski definition) is 1. The van der Waals surface area contributed by atoms with Gasteiger partial charge in [-0.2, -0.15) is 0 Å². The second kappa shape index (κ2) is 4.23. The summed E-state index contributed by atoms with van der Waals surface area (Å²) >= 11 is 0. The van der Waals surface area contributed by atoms with Gasteiger partial charge in [-0.1, -0.05) is 13.0 Å². The highest BCUT2D eigenvalue weighted by Gasteiger charge is 2.28. The van der Waals surface area contributed by atoms with E-state index in [1.807, 2.05) is 0 Å². The standard InChI is InChI=1S/C13H19NO/c1-9-7-10-3-4-11(15-2)8-13(10)12(9)5-6-14/h3-4,8-9,12H,5-7,14H2,1-2H3. The predicted molar refractivity (Wildman–Crippen MR) is 62.3 cm³/mol. The Morgan fingerprint density at radius 2 is 2.27 bits per heavy atom. The number of fused-ring (bicyclic) bond motifs is 1. The summed E-state index contributed by atoms with van der Waals surface area (Å²) in [4.78, 5) is 0. The van der Waals surface area contributed by atoms with Crippen LogP contribution in [0.25, 0.3) is 0 Å². The second-order valence-electron chi connectivity index (χ2n) is 4.43. The molecule has 15 heavy (non-hydrogen) atoms. The molecule has 0 amide bonds. The van der Waals surface area contributed by atoms with Crippen LogP contribution in [0.3, 0.4) is 0 Å². The Morgan fingerprint density at radius 1 is 1.47 bits per heavy atom. The highest BCUT2D eigenvalue weighted by Crippen LogP contribution is 2.41. The number of hydrogen-bond acceptors (Lipinski definition) is 2. The number of ether oxygens (including phenoxy) is 1. The molecular weight excluding hydrogens is 186 g/mol. The fourth-order valence-corrected chi connectivity index (χ4v) is 2.65. The molecule has 2 N–H and O–H groups in total. The molecular formula is C13H19NO. The van der Waals surface area contributed by atoms with Gasteiger partial charge in [-0.15, -0.1) is 0 Å². The summed E-state index contributed by atoms with van der Waals surface area (Å²) in [5.41, 5.74) is 8.59. The van der Waals surface area contributed by atoms with Gasteiger partial charge in [0.25, 0.3) is 0 Å². The van der Waals surface area contributed by atoms with E-state index in [4.69, 9.17) is 10.5 Å². The maximum absolute atomic E-state index is 5.67. The van der Waals surface area contributed by atoms with E-state index in [0.717, 1.165) is 24.6 Å². The topological polar surface area (TPSA) is 35.2 Å². The molecule has 0 saturated heterocycles. The van der Waals surface area contributed by atoms with Crippen LogP contribution in [0.15, 0.2) is 18.2 Å². The van der Waals surface area contributed by atoms with Crippen molar-refractivity contribution in [1.82, 2.24) is 0 Å². The van der Waals surface area contributed by atoms with Crippen molar-refractivity contribution in [3.05, 3.63) is 29.3 Å². The van der Waals surface area contributed by atoms with Gasteiger partial charge in [-0.25, -0.2) is 0 Å². The van der Waals surface area contributed by atoms with Crippen molar-refractivity contribution in [3.8, 4) is 5.75 Å². The lowest BCUT2D eigenvalue weighted by Crippen LogP contribution is -2.10. The number of rotatable bonds is 3. The van der Waals surface area contributed by atoms with Crippen LogP contribution >= 0.6 is 0 Å². The van der Waals surface area contributed by atoms with Crippen LogP contribution in [0.5, 0.6) is 5.75 Å². The van der Waals surface area contributed by atoms with E-state index in [1.165, 1.54) is 17.5 Å². The fourth-order valence-electron chi connectivity index (χ4n) is 2.65. The molecule has 0 fully saturated rings. The van der Waals surface area contributed by atoms with Gasteiger partial charge in [-0.3, -0.25) is 0 Å². The Balaban J connectivity index is 2.32. The van der Waals surface area contributed by atoms with Crippen LogP contribution in [-0.2, 0) is 6.42 Å². The normalized spacial score (nSPS) is 23.9. The van der Waals surface area contributed by atoms with Gasteiger partial charge in [0.1, 0.15) is 5.75 Å². The molecule has 2 unspecified atom stereocenters. The first-order valence-electron chi connectivity index (χ1n) is 5.63. The molecule has 2 heteroatoms. The quantitative estimate of drug-likeness (QED) is 0.822. The van der Waals surface area contributed by atoms with E-state index >= 15 is 0 Å². The minimum absolute atomic E-state index is 0.625. The summed E-state index contributed by atoms with van der Waals surface area (Å²) in [5.74, 6) is 2.31. The van der Waals surface area contributed by atoms with Gasteiger partial charge in [-0.05, 0) is 54.5 Å². The summed E-state index contributed by atoms with van der Waals surface area (Å²) in [6.45, 7) is 3.08. The van der Waals surface area contributed by atoms with Crippen LogP contribution < -0.4 is 10.5 Å². The monoisotopic (exact) mass is 205 g/mol. The molecule has 2 atom stereocenters. The molecule has 1 aromatic carbocycles. The third-order valence-corrected chi connectivity index (χ3v) is 3.46. The van der Waals surface area contributed by atoms with Crippen LogP contribution in [0.2, 0.25) is 0 Å². The molecule has 82 valence electrons. The average molecular weight is 205 g/mol. The molecule has 1 aliphatic rings. The van der Waals surface area contributed by atoms with Crippen molar-refractivity contribution in [2.75, 3.05) is 13.7 Å². The Morgan fingerprint density at radius 3 is 2.93 bits per heavy atom. The molecule has 2 nitrogen and oxygen atoms in total. The van der Waals surface area contributed by atoms with Gasteiger partial charge in [0.05, 0.1) is 7.11 Å². The van der Waals surface area contributed by atoms with Crippen molar-refractivity contribution in [2.24, 2.45) is 11.7 Å². The second-order valence-corrected chi connectivity index (χ2v) is 4.43. The maximum Gasteiger partial charge on any atom is 0.119 e. The lowest BCUT2D eigenvalue weighted by molar-refractivity contribution is 0.413. The number of nitrogens with two attached hydrogens (primary N) is 1. The van der Waals surface area contributed by atoms with Gasteiger partial charge < -0.3 is 10.5 Å². The molecule has 1 aromatic rings. The summed E-state index contributed by atoms with van der Waals surface area (Å²) < 4.78 is 5.27. The Hall–Kier alpha value is -1.02. The largest absolute Gasteiger partial charge is 0.497 e. The minimum Gasteiger partial charge on any atom is -0.497 e. The Kier molecular flexibility index (Phi) is 2.96. The van der Waals surface area contributed by atoms with E-state index in [9.17, 15) is 0 Å². The highest BCUT2D eigenvalue weighted by atomic mass is 16.5. The Labute approximate surface area is 91.4 Å². The molecule has 0 bridgehead atoms. The van der Waals surface area contributed by atoms with Crippen LogP contribution in [0, 0.1) is 5.92 Å². The summed E-state index contributed by atoms with van der Waals surface area (Å²) in [6, 6.07) is 6.43. The van der Waals surface area contributed by atoms with E-state index < -0.39 is 0 Å². The number of benzene rings is 1. The van der Waals surface area contributed by atoms with E-state index in [1.54, 1.807) is 7.11 Å². The Bertz CT molecular complexity index is 348. The van der Waals surface area contributed by atoms with Crippen molar-refractivity contribution in [1.29, 1.82) is 0 Å². The number of methoxy groups -OCH3 is 1. The summed E-state index contributed by atoms with van der Waals surface area (Å²) in [7, 11) is 1.72. The molecule has 0 aromatic heterocycles. The predicted octanol–water partition coefficient (Wildman–Crippen LogP) is 2.32. The van der Waals surface area contributed by atoms with E-state index in [0.29, 0.717) is 5.92 Å². The molecule has 0 radical (unpaired) electrons.